The number of aromatic nitrogens is 2. The van der Waals surface area contributed by atoms with Crippen LogP contribution in [0.2, 0.25) is 5.02 Å². The Morgan fingerprint density at radius 3 is 2.58 bits per heavy atom. The van der Waals surface area contributed by atoms with E-state index in [1.807, 2.05) is 0 Å². The first-order valence-corrected chi connectivity index (χ1v) is 11.9. The van der Waals surface area contributed by atoms with Gasteiger partial charge in [-0.15, -0.1) is 0 Å². The van der Waals surface area contributed by atoms with Gasteiger partial charge in [0.15, 0.2) is 5.69 Å². The lowest BCUT2D eigenvalue weighted by Gasteiger charge is -2.17. The van der Waals surface area contributed by atoms with Crippen molar-refractivity contribution >= 4 is 40.3 Å². The Morgan fingerprint density at radius 1 is 1.16 bits per heavy atom. The van der Waals surface area contributed by atoms with E-state index in [9.17, 15) is 14.4 Å². The molecule has 10 nitrogen and oxygen atoms in total. The van der Waals surface area contributed by atoms with Crippen LogP contribution in [0, 0.1) is 5.82 Å². The molecule has 2 N–H and O–H groups in total. The fourth-order valence-corrected chi connectivity index (χ4v) is 4.51. The zero-order chi connectivity index (χ0) is 27.0. The Balaban J connectivity index is 1.33. The molecule has 196 valence electrons. The van der Waals surface area contributed by atoms with E-state index in [1.54, 1.807) is 30.3 Å². The lowest BCUT2D eigenvalue weighted by Crippen LogP contribution is -2.48. The van der Waals surface area contributed by atoms with Crippen molar-refractivity contribution in [1.29, 1.82) is 0 Å². The van der Waals surface area contributed by atoms with E-state index < -0.39 is 29.1 Å². The number of amides is 2. The fourth-order valence-electron chi connectivity index (χ4n) is 4.18. The van der Waals surface area contributed by atoms with Crippen LogP contribution in [0.5, 0.6) is 5.88 Å². The molecule has 2 amide bonds. The molecule has 5 rings (SSSR count). The van der Waals surface area contributed by atoms with Gasteiger partial charge < -0.3 is 29.2 Å². The number of nitrogens with zero attached hydrogens (tertiary/aromatic N) is 2. The number of hydrogen-bond acceptors (Lipinski definition) is 7. The Labute approximate surface area is 220 Å². The number of carbonyl (C=O) groups is 3. The number of methoxy groups -OCH3 is 2. The van der Waals surface area contributed by atoms with Crippen molar-refractivity contribution in [3.8, 4) is 11.6 Å². The highest BCUT2D eigenvalue weighted by Crippen LogP contribution is 2.37. The summed E-state index contributed by atoms with van der Waals surface area (Å²) in [6, 6.07) is 12.8. The fraction of sp³-hybridized carbons (Fsp3) is 0.231. The van der Waals surface area contributed by atoms with E-state index in [2.05, 4.69) is 15.8 Å². The second-order valence-corrected chi connectivity index (χ2v) is 9.11. The highest BCUT2D eigenvalue weighted by Gasteiger charge is 2.51. The van der Waals surface area contributed by atoms with E-state index >= 15 is 4.39 Å². The van der Waals surface area contributed by atoms with Crippen molar-refractivity contribution in [3.63, 3.8) is 0 Å². The highest BCUT2D eigenvalue weighted by molar-refractivity contribution is 6.38. The first kappa shape index (κ1) is 25.3. The molecule has 4 aromatic rings. The van der Waals surface area contributed by atoms with Crippen LogP contribution in [0.3, 0.4) is 0 Å². The molecule has 0 radical (unpaired) electrons. The molecule has 0 atom stereocenters. The predicted molar refractivity (Wildman–Crippen MR) is 134 cm³/mol. The predicted octanol–water partition coefficient (Wildman–Crippen LogP) is 3.79. The van der Waals surface area contributed by atoms with E-state index in [4.69, 9.17) is 25.6 Å². The summed E-state index contributed by atoms with van der Waals surface area (Å²) in [4.78, 5) is 37.8. The van der Waals surface area contributed by atoms with Gasteiger partial charge in [-0.3, -0.25) is 9.59 Å². The molecule has 1 aliphatic rings. The maximum atomic E-state index is 15.2. The van der Waals surface area contributed by atoms with Gasteiger partial charge in [-0.2, -0.15) is 0 Å². The zero-order valence-corrected chi connectivity index (χ0v) is 21.1. The molecule has 2 aromatic carbocycles. The summed E-state index contributed by atoms with van der Waals surface area (Å²) in [7, 11) is 2.62. The molecule has 1 fully saturated rings. The number of hydrogen-bond donors (Lipinski definition) is 2. The summed E-state index contributed by atoms with van der Waals surface area (Å²) in [5.74, 6) is -2.28. The van der Waals surface area contributed by atoms with Gasteiger partial charge in [-0.05, 0) is 36.2 Å². The van der Waals surface area contributed by atoms with Crippen LogP contribution >= 0.6 is 11.6 Å². The van der Waals surface area contributed by atoms with Gasteiger partial charge in [0.05, 0.1) is 30.8 Å². The van der Waals surface area contributed by atoms with Crippen LogP contribution in [0.25, 0.3) is 16.6 Å². The standard InChI is InChI=1S/C26H22ClFN4O6/c1-36-20-12-19(38-31-20)23(33)30-26(9-10-26)25(35)29-13-14-7-8-15(11-17(14)28)32-18-6-4-3-5-16(18)21(27)22(32)24(34)37-2/h3-8,11-12H,9-10,13H2,1-2H3,(H,29,35)(H,30,33). The molecular weight excluding hydrogens is 519 g/mol. The van der Waals surface area contributed by atoms with Crippen LogP contribution in [0.15, 0.2) is 53.1 Å². The number of fused-ring (bicyclic) bond motifs is 1. The number of benzene rings is 2. The average molecular weight is 541 g/mol. The molecule has 2 aromatic heterocycles. The molecule has 0 aliphatic heterocycles. The van der Waals surface area contributed by atoms with Gasteiger partial charge in [0.1, 0.15) is 11.4 Å². The highest BCUT2D eigenvalue weighted by atomic mass is 35.5. The topological polar surface area (TPSA) is 125 Å². The van der Waals surface area contributed by atoms with Gasteiger partial charge >= 0.3 is 5.97 Å². The molecule has 0 bridgehead atoms. The molecule has 0 unspecified atom stereocenters. The molecule has 38 heavy (non-hydrogen) atoms. The van der Waals surface area contributed by atoms with Crippen LogP contribution in [0.4, 0.5) is 4.39 Å². The lowest BCUT2D eigenvalue weighted by molar-refractivity contribution is -0.124. The minimum Gasteiger partial charge on any atom is -0.479 e. The molecule has 0 saturated heterocycles. The Kier molecular flexibility index (Phi) is 6.53. The van der Waals surface area contributed by atoms with E-state index in [-0.39, 0.29) is 34.5 Å². The third-order valence-corrected chi connectivity index (χ3v) is 6.77. The Hall–Kier alpha value is -4.38. The van der Waals surface area contributed by atoms with E-state index in [0.29, 0.717) is 29.4 Å². The SMILES string of the molecule is COC(=O)c1c(Cl)c2ccccc2n1-c1ccc(CNC(=O)C2(NC(=O)c3cc(OC)no3)CC2)c(F)c1. The number of halogens is 2. The summed E-state index contributed by atoms with van der Waals surface area (Å²) >= 11 is 6.47. The minimum absolute atomic E-state index is 0.0756. The van der Waals surface area contributed by atoms with Crippen molar-refractivity contribution in [2.24, 2.45) is 0 Å². The normalized spacial score (nSPS) is 13.7. The summed E-state index contributed by atoms with van der Waals surface area (Å²) in [6.07, 6.45) is 0.851. The third-order valence-electron chi connectivity index (χ3n) is 6.38. The Morgan fingerprint density at radius 2 is 1.92 bits per heavy atom. The molecule has 2 heterocycles. The number of rotatable bonds is 8. The smallest absolute Gasteiger partial charge is 0.356 e. The maximum Gasteiger partial charge on any atom is 0.356 e. The largest absolute Gasteiger partial charge is 0.479 e. The van der Waals surface area contributed by atoms with Crippen molar-refractivity contribution in [2.75, 3.05) is 14.2 Å². The van der Waals surface area contributed by atoms with Crippen molar-refractivity contribution in [2.45, 2.75) is 24.9 Å². The number of para-hydroxylation sites is 1. The van der Waals surface area contributed by atoms with E-state index in [1.165, 1.54) is 37.0 Å². The molecule has 1 saturated carbocycles. The molecule has 12 heteroatoms. The summed E-state index contributed by atoms with van der Waals surface area (Å²) < 4.78 is 31.4. The van der Waals surface area contributed by atoms with Crippen LogP contribution in [-0.4, -0.2) is 47.3 Å². The average Bonchev–Trinajstić information content (AvgIpc) is 3.42. The number of nitrogens with one attached hydrogen (secondary N) is 2. The second kappa shape index (κ2) is 9.82. The summed E-state index contributed by atoms with van der Waals surface area (Å²) in [6.45, 7) is -0.115. The summed E-state index contributed by atoms with van der Waals surface area (Å²) in [5, 5.41) is 9.72. The first-order chi connectivity index (χ1) is 18.3. The zero-order valence-electron chi connectivity index (χ0n) is 20.3. The van der Waals surface area contributed by atoms with Gasteiger partial charge in [-0.1, -0.05) is 35.9 Å². The molecule has 0 spiro atoms. The van der Waals surface area contributed by atoms with Gasteiger partial charge in [0.2, 0.25) is 11.7 Å². The molecular formula is C26H22ClFN4O6. The van der Waals surface area contributed by atoms with Crippen LogP contribution < -0.4 is 15.4 Å². The van der Waals surface area contributed by atoms with Crippen molar-refractivity contribution in [1.82, 2.24) is 20.4 Å². The lowest BCUT2D eigenvalue weighted by atomic mass is 10.1. The maximum absolute atomic E-state index is 15.2. The third kappa shape index (κ3) is 4.45. The Bertz CT molecular complexity index is 1580. The number of ether oxygens (including phenoxy) is 2. The van der Waals surface area contributed by atoms with Crippen molar-refractivity contribution in [3.05, 3.63) is 76.4 Å². The van der Waals surface area contributed by atoms with Crippen LogP contribution in [0.1, 0.15) is 39.4 Å². The van der Waals surface area contributed by atoms with Gasteiger partial charge in [-0.25, -0.2) is 9.18 Å². The monoisotopic (exact) mass is 540 g/mol. The second-order valence-electron chi connectivity index (χ2n) is 8.73. The van der Waals surface area contributed by atoms with Gasteiger partial charge in [0.25, 0.3) is 11.8 Å². The minimum atomic E-state index is -1.11. The number of carbonyl (C=O) groups excluding carboxylic acids is 3. The molecule has 1 aliphatic carbocycles. The first-order valence-electron chi connectivity index (χ1n) is 11.6. The van der Waals surface area contributed by atoms with Crippen molar-refractivity contribution < 1.29 is 32.8 Å². The van der Waals surface area contributed by atoms with E-state index in [0.717, 1.165) is 0 Å². The number of esters is 1. The van der Waals surface area contributed by atoms with Crippen LogP contribution in [-0.2, 0) is 16.1 Å². The van der Waals surface area contributed by atoms with Gasteiger partial charge in [0, 0.05) is 23.2 Å². The quantitative estimate of drug-likeness (QED) is 0.326. The summed E-state index contributed by atoms with van der Waals surface area (Å²) in [5.41, 5.74) is 0.144.